The van der Waals surface area contributed by atoms with Crippen LogP contribution in [-0.4, -0.2) is 33.4 Å². The summed E-state index contributed by atoms with van der Waals surface area (Å²) in [6.45, 7) is 5.29. The van der Waals surface area contributed by atoms with Crippen molar-refractivity contribution in [2.24, 2.45) is 0 Å². The van der Waals surface area contributed by atoms with Gasteiger partial charge >= 0.3 is 0 Å². The van der Waals surface area contributed by atoms with Crippen molar-refractivity contribution < 1.29 is 14.7 Å². The zero-order chi connectivity index (χ0) is 15.6. The van der Waals surface area contributed by atoms with E-state index in [0.29, 0.717) is 6.54 Å². The van der Waals surface area contributed by atoms with E-state index in [0.717, 1.165) is 18.4 Å². The van der Waals surface area contributed by atoms with Crippen molar-refractivity contribution in [2.45, 2.75) is 51.7 Å². The number of amides is 2. The van der Waals surface area contributed by atoms with E-state index >= 15 is 0 Å². The van der Waals surface area contributed by atoms with Gasteiger partial charge in [0.05, 0.1) is 0 Å². The van der Waals surface area contributed by atoms with Crippen LogP contribution < -0.4 is 5.32 Å². The van der Waals surface area contributed by atoms with E-state index in [1.807, 2.05) is 6.07 Å². The van der Waals surface area contributed by atoms with E-state index in [-0.39, 0.29) is 23.6 Å². The molecular formula is C16H22N2O3. The number of nitrogens with zero attached hydrogens (tertiary/aromatic N) is 1. The van der Waals surface area contributed by atoms with Gasteiger partial charge in [-0.25, -0.2) is 0 Å². The first kappa shape index (κ1) is 15.4. The molecule has 0 unspecified atom stereocenters. The summed E-state index contributed by atoms with van der Waals surface area (Å²) in [6, 6.07) is 7.14. The van der Waals surface area contributed by atoms with E-state index < -0.39 is 5.54 Å². The minimum atomic E-state index is -0.925. The number of carbonyl (C=O) groups is 2. The number of aromatic hydroxyl groups is 1. The first-order chi connectivity index (χ1) is 9.79. The molecule has 0 aliphatic heterocycles. The van der Waals surface area contributed by atoms with Gasteiger partial charge in [-0.1, -0.05) is 12.1 Å². The molecule has 5 heteroatoms. The van der Waals surface area contributed by atoms with Crippen LogP contribution in [0.2, 0.25) is 0 Å². The van der Waals surface area contributed by atoms with Gasteiger partial charge < -0.3 is 15.3 Å². The highest BCUT2D eigenvalue weighted by Gasteiger charge is 2.40. The van der Waals surface area contributed by atoms with Crippen LogP contribution in [0, 0.1) is 0 Å². The summed E-state index contributed by atoms with van der Waals surface area (Å²) in [6.07, 6.45) is 1.97. The third kappa shape index (κ3) is 3.97. The normalized spacial score (nSPS) is 14.6. The largest absolute Gasteiger partial charge is 0.508 e. The Kier molecular flexibility index (Phi) is 4.21. The molecule has 0 radical (unpaired) electrons. The minimum absolute atomic E-state index is 0.0939. The number of phenolic OH excluding ortho intramolecular Hbond substituents is 1. The number of nitrogens with one attached hydrogen (secondary N) is 1. The molecule has 1 fully saturated rings. The lowest BCUT2D eigenvalue weighted by Gasteiger charge is -2.32. The number of rotatable bonds is 5. The topological polar surface area (TPSA) is 69.6 Å². The Hall–Kier alpha value is -2.04. The average molecular weight is 290 g/mol. The van der Waals surface area contributed by atoms with Gasteiger partial charge in [0, 0.05) is 19.5 Å². The molecule has 1 aromatic rings. The van der Waals surface area contributed by atoms with Crippen LogP contribution >= 0.6 is 0 Å². The van der Waals surface area contributed by atoms with Crippen molar-refractivity contribution in [1.82, 2.24) is 10.2 Å². The molecule has 0 saturated heterocycles. The standard InChI is InChI=1S/C16H22N2O3/c1-11(19)17-16(2,3)15(21)18(13-7-8-13)10-12-5-4-6-14(20)9-12/h4-6,9,13,20H,7-8,10H2,1-3H3,(H,17,19). The summed E-state index contributed by atoms with van der Waals surface area (Å²) < 4.78 is 0. The number of carbonyl (C=O) groups excluding carboxylic acids is 2. The molecule has 0 atom stereocenters. The monoisotopic (exact) mass is 290 g/mol. The van der Waals surface area contributed by atoms with Crippen LogP contribution in [0.4, 0.5) is 0 Å². The van der Waals surface area contributed by atoms with Gasteiger partial charge in [0.1, 0.15) is 11.3 Å². The van der Waals surface area contributed by atoms with Crippen molar-refractivity contribution in [1.29, 1.82) is 0 Å². The van der Waals surface area contributed by atoms with Crippen LogP contribution in [0.3, 0.4) is 0 Å². The fourth-order valence-corrected chi connectivity index (χ4v) is 2.46. The van der Waals surface area contributed by atoms with Crippen molar-refractivity contribution >= 4 is 11.8 Å². The zero-order valence-corrected chi connectivity index (χ0v) is 12.7. The first-order valence-electron chi connectivity index (χ1n) is 7.17. The molecule has 5 nitrogen and oxygen atoms in total. The van der Waals surface area contributed by atoms with E-state index in [4.69, 9.17) is 0 Å². The molecule has 21 heavy (non-hydrogen) atoms. The molecule has 1 aliphatic rings. The highest BCUT2D eigenvalue weighted by molar-refractivity contribution is 5.90. The predicted octanol–water partition coefficient (Wildman–Crippen LogP) is 1.80. The minimum Gasteiger partial charge on any atom is -0.508 e. The second kappa shape index (κ2) is 5.76. The molecule has 0 aromatic heterocycles. The summed E-state index contributed by atoms with van der Waals surface area (Å²) >= 11 is 0. The lowest BCUT2D eigenvalue weighted by Crippen LogP contribution is -2.55. The summed E-state index contributed by atoms with van der Waals surface area (Å²) in [7, 11) is 0. The molecule has 2 rings (SSSR count). The quantitative estimate of drug-likeness (QED) is 0.868. The highest BCUT2D eigenvalue weighted by atomic mass is 16.3. The Labute approximate surface area is 125 Å². The molecule has 0 spiro atoms. The lowest BCUT2D eigenvalue weighted by atomic mass is 10.0. The van der Waals surface area contributed by atoms with Crippen LogP contribution in [-0.2, 0) is 16.1 Å². The van der Waals surface area contributed by atoms with E-state index in [9.17, 15) is 14.7 Å². The Morgan fingerprint density at radius 1 is 1.38 bits per heavy atom. The Morgan fingerprint density at radius 3 is 2.57 bits per heavy atom. The Balaban J connectivity index is 2.15. The predicted molar refractivity (Wildman–Crippen MR) is 79.6 cm³/mol. The fraction of sp³-hybridized carbons (Fsp3) is 0.500. The maximum Gasteiger partial charge on any atom is 0.248 e. The average Bonchev–Trinajstić information content (AvgIpc) is 3.18. The molecule has 2 N–H and O–H groups in total. The fourth-order valence-electron chi connectivity index (χ4n) is 2.46. The van der Waals surface area contributed by atoms with Crippen molar-refractivity contribution in [2.75, 3.05) is 0 Å². The molecule has 0 bridgehead atoms. The van der Waals surface area contributed by atoms with Gasteiger partial charge in [0.15, 0.2) is 0 Å². The second-order valence-electron chi connectivity index (χ2n) is 6.14. The van der Waals surface area contributed by atoms with Crippen LogP contribution in [0.25, 0.3) is 0 Å². The van der Waals surface area contributed by atoms with E-state index in [1.54, 1.807) is 36.9 Å². The third-order valence-corrected chi connectivity index (χ3v) is 3.54. The van der Waals surface area contributed by atoms with Crippen molar-refractivity contribution in [3.63, 3.8) is 0 Å². The summed E-state index contributed by atoms with van der Waals surface area (Å²) in [5.41, 5.74) is -0.0421. The molecule has 114 valence electrons. The number of hydrogen-bond donors (Lipinski definition) is 2. The van der Waals surface area contributed by atoms with E-state index in [1.165, 1.54) is 6.92 Å². The van der Waals surface area contributed by atoms with Crippen LogP contribution in [0.1, 0.15) is 39.2 Å². The Morgan fingerprint density at radius 2 is 2.05 bits per heavy atom. The first-order valence-corrected chi connectivity index (χ1v) is 7.17. The lowest BCUT2D eigenvalue weighted by molar-refractivity contribution is -0.141. The van der Waals surface area contributed by atoms with Gasteiger partial charge in [-0.15, -0.1) is 0 Å². The van der Waals surface area contributed by atoms with Gasteiger partial charge in [-0.05, 0) is 44.4 Å². The SMILES string of the molecule is CC(=O)NC(C)(C)C(=O)N(Cc1cccc(O)c1)C1CC1. The van der Waals surface area contributed by atoms with Gasteiger partial charge in [0.25, 0.3) is 0 Å². The number of benzene rings is 1. The molecular weight excluding hydrogens is 268 g/mol. The molecule has 1 saturated carbocycles. The second-order valence-corrected chi connectivity index (χ2v) is 6.14. The smallest absolute Gasteiger partial charge is 0.248 e. The van der Waals surface area contributed by atoms with Crippen molar-refractivity contribution in [3.8, 4) is 5.75 Å². The summed E-state index contributed by atoms with van der Waals surface area (Å²) in [5, 5.41) is 12.2. The van der Waals surface area contributed by atoms with Gasteiger partial charge in [-0.3, -0.25) is 9.59 Å². The summed E-state index contributed by atoms with van der Waals surface area (Å²) in [4.78, 5) is 25.8. The van der Waals surface area contributed by atoms with Gasteiger partial charge in [0.2, 0.25) is 11.8 Å². The van der Waals surface area contributed by atoms with Crippen LogP contribution in [0.5, 0.6) is 5.75 Å². The summed E-state index contributed by atoms with van der Waals surface area (Å²) in [5.74, 6) is -0.123. The maximum atomic E-state index is 12.7. The van der Waals surface area contributed by atoms with E-state index in [2.05, 4.69) is 5.32 Å². The Bertz CT molecular complexity index is 550. The number of phenols is 1. The highest BCUT2D eigenvalue weighted by Crippen LogP contribution is 2.30. The van der Waals surface area contributed by atoms with Gasteiger partial charge in [-0.2, -0.15) is 0 Å². The molecule has 1 aromatic carbocycles. The molecule has 1 aliphatic carbocycles. The van der Waals surface area contributed by atoms with Crippen LogP contribution in [0.15, 0.2) is 24.3 Å². The van der Waals surface area contributed by atoms with Crippen molar-refractivity contribution in [3.05, 3.63) is 29.8 Å². The molecule has 2 amide bonds. The number of hydrogen-bond acceptors (Lipinski definition) is 3. The maximum absolute atomic E-state index is 12.7. The zero-order valence-electron chi connectivity index (χ0n) is 12.7. The third-order valence-electron chi connectivity index (χ3n) is 3.54. The molecule has 0 heterocycles.